The second kappa shape index (κ2) is 10.9. The molecule has 9 heavy (non-hydrogen) atoms. The molecule has 4 N–H and O–H groups in total. The predicted molar refractivity (Wildman–Crippen MR) is 23.2 cm³/mol. The smallest absolute Gasteiger partial charge is 0.870 e. The molecular weight excluding hydrogens is 164 g/mol. The van der Waals surface area contributed by atoms with Crippen molar-refractivity contribution in [2.75, 3.05) is 0 Å². The zero-order valence-corrected chi connectivity index (χ0v) is 6.34. The number of hydrogen-bond donors (Lipinski definition) is 2. The molecule has 6 heteroatoms. The van der Waals surface area contributed by atoms with Crippen LogP contribution in [0.25, 0.3) is 0 Å². The van der Waals surface area contributed by atoms with Gasteiger partial charge in [-0.25, -0.2) is 4.79 Å². The molecule has 0 aromatic rings. The number of carboxylic acids is 1. The molecule has 0 fully saturated rings. The van der Waals surface area contributed by atoms with Gasteiger partial charge in [0, 0.05) is 0 Å². The first-order valence-corrected chi connectivity index (χ1v) is 1.55. The number of rotatable bonds is 1. The molecule has 54 valence electrons. The first kappa shape index (κ1) is 23.0. The number of aliphatic hydroxyl groups excluding tert-OH is 1. The van der Waals surface area contributed by atoms with Crippen molar-refractivity contribution in [1.29, 1.82) is 0 Å². The zero-order valence-electron chi connectivity index (χ0n) is 4.77. The van der Waals surface area contributed by atoms with Gasteiger partial charge < -0.3 is 21.2 Å². The van der Waals surface area contributed by atoms with E-state index >= 15 is 0 Å². The van der Waals surface area contributed by atoms with Crippen LogP contribution in [0.4, 0.5) is 0 Å². The average Bonchev–Trinajstić information content (AvgIpc) is 1.36. The minimum absolute atomic E-state index is 0. The first-order valence-electron chi connectivity index (χ1n) is 1.55. The number of hydrogen-bond acceptors (Lipinski definition) is 4. The fraction of sp³-hybridized carbons (Fsp3) is 0.667. The van der Waals surface area contributed by atoms with E-state index in [4.69, 9.17) is 10.2 Å². The van der Waals surface area contributed by atoms with Gasteiger partial charge in [0.15, 0.2) is 0 Å². The van der Waals surface area contributed by atoms with Crippen molar-refractivity contribution in [3.63, 3.8) is 0 Å². The van der Waals surface area contributed by atoms with E-state index in [9.17, 15) is 4.79 Å². The Labute approximate surface area is 67.2 Å². The van der Waals surface area contributed by atoms with Crippen LogP contribution in [0, 0.1) is 0 Å². The van der Waals surface area contributed by atoms with Crippen LogP contribution in [0.1, 0.15) is 6.92 Å². The van der Waals surface area contributed by atoms with E-state index in [1.165, 1.54) is 6.92 Å². The molecule has 0 aromatic heterocycles. The number of carboxylic acid groups (broad SMARTS) is 1. The van der Waals surface area contributed by atoms with Crippen molar-refractivity contribution in [3.8, 4) is 0 Å². The maximum atomic E-state index is 9.45. The standard InChI is InChI=1S/C3H6O3.2H2O.Ti/c1-2(4)3(5)6;;;/h2,4H,1H3,(H,5,6);2*1H2;/q;;;+2/p-2. The van der Waals surface area contributed by atoms with E-state index < -0.39 is 12.1 Å². The molecule has 0 saturated heterocycles. The predicted octanol–water partition coefficient (Wildman–Crippen LogP) is -0.904. The fourth-order valence-electron chi connectivity index (χ4n) is 0. The Morgan fingerprint density at radius 1 is 1.44 bits per heavy atom. The van der Waals surface area contributed by atoms with Crippen molar-refractivity contribution < 1.29 is 47.7 Å². The summed E-state index contributed by atoms with van der Waals surface area (Å²) in [5, 5.41) is 15.8. The van der Waals surface area contributed by atoms with Crippen LogP contribution in [-0.4, -0.2) is 33.2 Å². The molecule has 0 aliphatic rings. The van der Waals surface area contributed by atoms with Crippen LogP contribution in [0.2, 0.25) is 0 Å². The Morgan fingerprint density at radius 2 is 1.56 bits per heavy atom. The Morgan fingerprint density at radius 3 is 1.56 bits per heavy atom. The molecule has 1 atom stereocenters. The van der Waals surface area contributed by atoms with Crippen LogP contribution in [0.3, 0.4) is 0 Å². The molecule has 0 aliphatic heterocycles. The van der Waals surface area contributed by atoms with E-state index in [0.29, 0.717) is 0 Å². The summed E-state index contributed by atoms with van der Waals surface area (Å²) in [6, 6.07) is 0. The Hall–Kier alpha value is 0.0643. The number of aliphatic hydroxyl groups is 1. The summed E-state index contributed by atoms with van der Waals surface area (Å²) in [5.74, 6) is -1.19. The molecule has 0 spiro atoms. The van der Waals surface area contributed by atoms with Gasteiger partial charge in [0.1, 0.15) is 6.10 Å². The van der Waals surface area contributed by atoms with Crippen molar-refractivity contribution in [2.45, 2.75) is 13.0 Å². The van der Waals surface area contributed by atoms with Gasteiger partial charge in [-0.3, -0.25) is 0 Å². The van der Waals surface area contributed by atoms with E-state index in [0.717, 1.165) is 0 Å². The fourth-order valence-corrected chi connectivity index (χ4v) is 0. The van der Waals surface area contributed by atoms with Crippen molar-refractivity contribution in [3.05, 3.63) is 0 Å². The first-order chi connectivity index (χ1) is 2.64. The topological polar surface area (TPSA) is 118 Å². The van der Waals surface area contributed by atoms with Crippen molar-refractivity contribution >= 4 is 5.97 Å². The Bertz CT molecular complexity index is 63.2. The molecule has 0 aliphatic carbocycles. The Balaban J connectivity index is -0.0000000417. The van der Waals surface area contributed by atoms with Crippen LogP contribution in [-0.2, 0) is 26.5 Å². The van der Waals surface area contributed by atoms with E-state index in [2.05, 4.69) is 0 Å². The molecular formula is C3H8O5Ti. The summed E-state index contributed by atoms with van der Waals surface area (Å²) >= 11 is 0. The molecule has 0 aromatic carbocycles. The summed E-state index contributed by atoms with van der Waals surface area (Å²) < 4.78 is 0. The maximum Gasteiger partial charge on any atom is 2.00 e. The second-order valence-electron chi connectivity index (χ2n) is 1.01. The van der Waals surface area contributed by atoms with E-state index in [1.54, 1.807) is 0 Å². The third-order valence-electron chi connectivity index (χ3n) is 0.357. The monoisotopic (exact) mass is 172 g/mol. The van der Waals surface area contributed by atoms with Gasteiger partial charge in [-0.05, 0) is 6.92 Å². The number of carbonyl (C=O) groups is 1. The van der Waals surface area contributed by atoms with Crippen LogP contribution < -0.4 is 0 Å². The maximum absolute atomic E-state index is 9.45. The zero-order chi connectivity index (χ0) is 5.15. The van der Waals surface area contributed by atoms with E-state index in [1.807, 2.05) is 0 Å². The average molecular weight is 172 g/mol. The third kappa shape index (κ3) is 18.0. The molecule has 5 nitrogen and oxygen atoms in total. The van der Waals surface area contributed by atoms with E-state index in [-0.39, 0.29) is 32.7 Å². The molecule has 0 bridgehead atoms. The van der Waals surface area contributed by atoms with Crippen LogP contribution in [0.5, 0.6) is 0 Å². The van der Waals surface area contributed by atoms with Crippen LogP contribution >= 0.6 is 0 Å². The second-order valence-corrected chi connectivity index (χ2v) is 1.01. The largest absolute Gasteiger partial charge is 2.00 e. The minimum Gasteiger partial charge on any atom is -0.870 e. The minimum atomic E-state index is -1.23. The molecule has 0 rings (SSSR count). The Kier molecular flexibility index (Phi) is 27.9. The molecule has 0 heterocycles. The number of aliphatic carboxylic acids is 1. The van der Waals surface area contributed by atoms with Gasteiger partial charge in [0.05, 0.1) is 0 Å². The van der Waals surface area contributed by atoms with Crippen molar-refractivity contribution in [2.24, 2.45) is 0 Å². The quantitative estimate of drug-likeness (QED) is 0.496. The van der Waals surface area contributed by atoms with Gasteiger partial charge in [0.25, 0.3) is 0 Å². The summed E-state index contributed by atoms with van der Waals surface area (Å²) in [5.41, 5.74) is 0. The SMILES string of the molecule is CC(O)C(=O)O.[OH-].[OH-].[Ti+2]. The van der Waals surface area contributed by atoms with Gasteiger partial charge in [-0.15, -0.1) is 0 Å². The summed E-state index contributed by atoms with van der Waals surface area (Å²) in [6.45, 7) is 1.20. The van der Waals surface area contributed by atoms with Gasteiger partial charge in [-0.1, -0.05) is 0 Å². The van der Waals surface area contributed by atoms with Crippen LogP contribution in [0.15, 0.2) is 0 Å². The van der Waals surface area contributed by atoms with Gasteiger partial charge in [0.2, 0.25) is 0 Å². The van der Waals surface area contributed by atoms with Gasteiger partial charge >= 0.3 is 27.7 Å². The molecule has 1 unspecified atom stereocenters. The van der Waals surface area contributed by atoms with Crippen molar-refractivity contribution in [1.82, 2.24) is 0 Å². The summed E-state index contributed by atoms with van der Waals surface area (Å²) in [7, 11) is 0. The molecule has 0 saturated carbocycles. The summed E-state index contributed by atoms with van der Waals surface area (Å²) in [4.78, 5) is 9.45. The third-order valence-corrected chi connectivity index (χ3v) is 0.357. The van der Waals surface area contributed by atoms with Gasteiger partial charge in [-0.2, -0.15) is 0 Å². The summed E-state index contributed by atoms with van der Waals surface area (Å²) in [6.07, 6.45) is -1.23. The molecule has 0 radical (unpaired) electrons. The molecule has 0 amide bonds. The normalized spacial score (nSPS) is 9.11.